The van der Waals surface area contributed by atoms with E-state index in [0.717, 1.165) is 31.0 Å². The van der Waals surface area contributed by atoms with Gasteiger partial charge in [-0.15, -0.1) is 11.3 Å². The van der Waals surface area contributed by atoms with Crippen LogP contribution in [0.2, 0.25) is 0 Å². The largest absolute Gasteiger partial charge is 0.469 e. The smallest absolute Gasteiger partial charge is 0.105 e. The Morgan fingerprint density at radius 3 is 2.83 bits per heavy atom. The van der Waals surface area contributed by atoms with Crippen LogP contribution in [0.3, 0.4) is 0 Å². The molecule has 0 aliphatic heterocycles. The summed E-state index contributed by atoms with van der Waals surface area (Å²) in [6.45, 7) is 8.32. The van der Waals surface area contributed by atoms with Gasteiger partial charge in [-0.3, -0.25) is 0 Å². The van der Waals surface area contributed by atoms with E-state index in [4.69, 9.17) is 4.42 Å². The molecule has 0 aromatic carbocycles. The third-order valence-electron chi connectivity index (χ3n) is 2.63. The molecule has 2 rings (SSSR count). The molecule has 18 heavy (non-hydrogen) atoms. The lowest BCUT2D eigenvalue weighted by atomic mass is 9.98. The molecule has 0 aliphatic carbocycles. The van der Waals surface area contributed by atoms with E-state index in [2.05, 4.69) is 36.5 Å². The Morgan fingerprint density at radius 2 is 2.22 bits per heavy atom. The lowest BCUT2D eigenvalue weighted by molar-refractivity contribution is 0.498. The summed E-state index contributed by atoms with van der Waals surface area (Å²) in [6.07, 6.45) is 2.63. The van der Waals surface area contributed by atoms with Gasteiger partial charge in [0.05, 0.1) is 17.0 Å². The fourth-order valence-electron chi connectivity index (χ4n) is 1.62. The first-order valence-electron chi connectivity index (χ1n) is 6.24. The zero-order valence-corrected chi connectivity index (χ0v) is 12.0. The Kier molecular flexibility index (Phi) is 4.19. The molecule has 2 aromatic rings. The molecule has 0 atom stereocenters. The van der Waals surface area contributed by atoms with Gasteiger partial charge in [0, 0.05) is 30.3 Å². The molecular formula is C14H20N2OS. The molecule has 0 saturated heterocycles. The van der Waals surface area contributed by atoms with Gasteiger partial charge in [0.25, 0.3) is 0 Å². The molecule has 0 bridgehead atoms. The fourth-order valence-corrected chi connectivity index (χ4v) is 2.52. The second-order valence-electron chi connectivity index (χ2n) is 5.40. The number of nitrogens with one attached hydrogen (secondary N) is 1. The van der Waals surface area contributed by atoms with Gasteiger partial charge in [-0.2, -0.15) is 0 Å². The molecule has 0 fully saturated rings. The molecule has 2 aromatic heterocycles. The van der Waals surface area contributed by atoms with E-state index in [1.807, 2.05) is 12.1 Å². The van der Waals surface area contributed by atoms with Crippen molar-refractivity contribution in [2.75, 3.05) is 6.54 Å². The van der Waals surface area contributed by atoms with E-state index in [9.17, 15) is 0 Å². The van der Waals surface area contributed by atoms with E-state index in [0.29, 0.717) is 0 Å². The van der Waals surface area contributed by atoms with Gasteiger partial charge < -0.3 is 9.73 Å². The van der Waals surface area contributed by atoms with Gasteiger partial charge in [0.1, 0.15) is 5.76 Å². The zero-order chi connectivity index (χ0) is 13.0. The van der Waals surface area contributed by atoms with E-state index in [1.165, 1.54) is 5.01 Å². The second-order valence-corrected chi connectivity index (χ2v) is 6.26. The van der Waals surface area contributed by atoms with Crippen LogP contribution in [0.1, 0.15) is 37.2 Å². The van der Waals surface area contributed by atoms with Crippen LogP contribution < -0.4 is 5.32 Å². The predicted molar refractivity (Wildman–Crippen MR) is 74.9 cm³/mol. The summed E-state index contributed by atoms with van der Waals surface area (Å²) in [5.74, 6) is 1.02. The van der Waals surface area contributed by atoms with Gasteiger partial charge in [-0.1, -0.05) is 20.8 Å². The highest BCUT2D eigenvalue weighted by molar-refractivity contribution is 7.09. The first-order valence-corrected chi connectivity index (χ1v) is 7.11. The molecule has 1 N–H and O–H groups in total. The highest BCUT2D eigenvalue weighted by Gasteiger charge is 2.17. The Balaban J connectivity index is 1.75. The van der Waals surface area contributed by atoms with E-state index >= 15 is 0 Å². The Hall–Kier alpha value is -1.13. The molecule has 2 heterocycles. The topological polar surface area (TPSA) is 38.1 Å². The van der Waals surface area contributed by atoms with Crippen molar-refractivity contribution < 1.29 is 4.42 Å². The highest BCUT2D eigenvalue weighted by atomic mass is 32.1. The molecular weight excluding hydrogens is 244 g/mol. The van der Waals surface area contributed by atoms with Crippen LogP contribution in [0.15, 0.2) is 28.2 Å². The summed E-state index contributed by atoms with van der Waals surface area (Å²) in [4.78, 5) is 4.65. The monoisotopic (exact) mass is 264 g/mol. The van der Waals surface area contributed by atoms with Crippen LogP contribution in [0.25, 0.3) is 0 Å². The maximum Gasteiger partial charge on any atom is 0.105 e. The molecule has 0 unspecified atom stereocenters. The first-order chi connectivity index (χ1) is 8.55. The molecule has 4 heteroatoms. The standard InChI is InChI=1S/C14H20N2OS/c1-14(2,3)13-16-11(10-18-13)9-15-7-6-12-5-4-8-17-12/h4-5,8,10,15H,6-7,9H2,1-3H3. The van der Waals surface area contributed by atoms with Crippen LogP contribution in [-0.4, -0.2) is 11.5 Å². The van der Waals surface area contributed by atoms with Crippen molar-refractivity contribution >= 4 is 11.3 Å². The minimum atomic E-state index is 0.150. The van der Waals surface area contributed by atoms with Crippen LogP contribution in [0, 0.1) is 0 Å². The average Bonchev–Trinajstić information content (AvgIpc) is 2.95. The van der Waals surface area contributed by atoms with Crippen molar-refractivity contribution in [3.8, 4) is 0 Å². The molecule has 0 aliphatic rings. The number of thiazole rings is 1. The van der Waals surface area contributed by atoms with Crippen LogP contribution in [0.5, 0.6) is 0 Å². The van der Waals surface area contributed by atoms with Gasteiger partial charge in [-0.05, 0) is 12.1 Å². The van der Waals surface area contributed by atoms with Crippen LogP contribution in [-0.2, 0) is 18.4 Å². The molecule has 3 nitrogen and oxygen atoms in total. The average molecular weight is 264 g/mol. The summed E-state index contributed by atoms with van der Waals surface area (Å²) in [7, 11) is 0. The number of nitrogens with zero attached hydrogens (tertiary/aromatic N) is 1. The molecule has 0 spiro atoms. The van der Waals surface area contributed by atoms with Crippen molar-refractivity contribution in [3.63, 3.8) is 0 Å². The summed E-state index contributed by atoms with van der Waals surface area (Å²) in [5, 5.41) is 6.73. The van der Waals surface area contributed by atoms with Gasteiger partial charge in [0.15, 0.2) is 0 Å². The van der Waals surface area contributed by atoms with Gasteiger partial charge >= 0.3 is 0 Å². The maximum absolute atomic E-state index is 5.28. The maximum atomic E-state index is 5.28. The quantitative estimate of drug-likeness (QED) is 0.841. The second kappa shape index (κ2) is 5.67. The summed E-state index contributed by atoms with van der Waals surface area (Å²) >= 11 is 1.74. The van der Waals surface area contributed by atoms with Gasteiger partial charge in [-0.25, -0.2) is 4.98 Å². The normalized spacial score (nSPS) is 11.9. The molecule has 0 saturated carbocycles. The lowest BCUT2D eigenvalue weighted by Crippen LogP contribution is -2.17. The van der Waals surface area contributed by atoms with E-state index in [-0.39, 0.29) is 5.41 Å². The van der Waals surface area contributed by atoms with E-state index < -0.39 is 0 Å². The summed E-state index contributed by atoms with van der Waals surface area (Å²) < 4.78 is 5.28. The first kappa shape index (κ1) is 13.3. The van der Waals surface area contributed by atoms with Crippen molar-refractivity contribution in [1.82, 2.24) is 10.3 Å². The van der Waals surface area contributed by atoms with Crippen molar-refractivity contribution in [2.45, 2.75) is 39.2 Å². The third kappa shape index (κ3) is 3.68. The number of hydrogen-bond donors (Lipinski definition) is 1. The highest BCUT2D eigenvalue weighted by Crippen LogP contribution is 2.25. The van der Waals surface area contributed by atoms with Crippen LogP contribution >= 0.6 is 11.3 Å². The molecule has 98 valence electrons. The van der Waals surface area contributed by atoms with Crippen LogP contribution in [0.4, 0.5) is 0 Å². The third-order valence-corrected chi connectivity index (χ3v) is 3.94. The number of furan rings is 1. The van der Waals surface area contributed by atoms with Crippen molar-refractivity contribution in [1.29, 1.82) is 0 Å². The number of hydrogen-bond acceptors (Lipinski definition) is 4. The summed E-state index contributed by atoms with van der Waals surface area (Å²) in [5.41, 5.74) is 1.28. The van der Waals surface area contributed by atoms with E-state index in [1.54, 1.807) is 17.6 Å². The minimum absolute atomic E-state index is 0.150. The Morgan fingerprint density at radius 1 is 1.39 bits per heavy atom. The predicted octanol–water partition coefficient (Wildman–Crippen LogP) is 3.37. The van der Waals surface area contributed by atoms with Gasteiger partial charge in [0.2, 0.25) is 0 Å². The summed E-state index contributed by atoms with van der Waals surface area (Å²) in [6, 6.07) is 3.92. The lowest BCUT2D eigenvalue weighted by Gasteiger charge is -2.13. The zero-order valence-electron chi connectivity index (χ0n) is 11.2. The fraction of sp³-hybridized carbons (Fsp3) is 0.500. The number of aromatic nitrogens is 1. The van der Waals surface area contributed by atoms with Crippen molar-refractivity contribution in [2.24, 2.45) is 0 Å². The molecule has 0 amide bonds. The number of rotatable bonds is 5. The Bertz CT molecular complexity index is 468. The SMILES string of the molecule is CC(C)(C)c1nc(CNCCc2ccco2)cs1. The molecule has 0 radical (unpaired) electrons. The minimum Gasteiger partial charge on any atom is -0.469 e. The van der Waals surface area contributed by atoms with Crippen molar-refractivity contribution in [3.05, 3.63) is 40.2 Å². The Labute approximate surface area is 112 Å².